The lowest BCUT2D eigenvalue weighted by Gasteiger charge is -2.35. The van der Waals surface area contributed by atoms with E-state index in [1.54, 1.807) is 0 Å². The summed E-state index contributed by atoms with van der Waals surface area (Å²) in [6.07, 6.45) is 0.103. The van der Waals surface area contributed by atoms with Crippen molar-refractivity contribution in [1.29, 1.82) is 0 Å². The molecule has 0 bridgehead atoms. The summed E-state index contributed by atoms with van der Waals surface area (Å²) < 4.78 is 11.9. The molecule has 94 valence electrons. The van der Waals surface area contributed by atoms with E-state index in [2.05, 4.69) is 45.0 Å². The topological polar surface area (TPSA) is 18.5 Å². The van der Waals surface area contributed by atoms with Gasteiger partial charge < -0.3 is 9.47 Å². The Bertz CT molecular complexity index is 581. The summed E-state index contributed by atoms with van der Waals surface area (Å²) in [4.78, 5) is 0. The van der Waals surface area contributed by atoms with Gasteiger partial charge in [0.15, 0.2) is 11.5 Å². The molecule has 2 aromatic rings. The van der Waals surface area contributed by atoms with Gasteiger partial charge in [0.2, 0.25) is 0 Å². The number of ether oxygens (including phenoxy) is 2. The first kappa shape index (κ1) is 11.4. The smallest absolute Gasteiger partial charge is 0.162 e. The normalized spacial score (nSPS) is 18.9. The molecule has 18 heavy (non-hydrogen) atoms. The quantitative estimate of drug-likeness (QED) is 0.694. The molecule has 0 spiro atoms. The third-order valence-electron chi connectivity index (χ3n) is 3.44. The van der Waals surface area contributed by atoms with Crippen LogP contribution in [0.15, 0.2) is 36.4 Å². The Hall–Kier alpha value is -1.70. The minimum atomic E-state index is 0.0866. The molecule has 2 nitrogen and oxygen atoms in total. The summed E-state index contributed by atoms with van der Waals surface area (Å²) >= 11 is 0. The molecule has 1 atom stereocenters. The molecule has 0 radical (unpaired) electrons. The Morgan fingerprint density at radius 1 is 1.00 bits per heavy atom. The third-order valence-corrected chi connectivity index (χ3v) is 3.44. The van der Waals surface area contributed by atoms with Gasteiger partial charge in [-0.3, -0.25) is 0 Å². The maximum atomic E-state index is 6.08. The summed E-state index contributed by atoms with van der Waals surface area (Å²) in [6.45, 7) is 7.14. The van der Waals surface area contributed by atoms with Gasteiger partial charge in [0.1, 0.15) is 12.7 Å². The van der Waals surface area contributed by atoms with E-state index in [0.717, 1.165) is 11.5 Å². The minimum absolute atomic E-state index is 0.0866. The molecule has 1 unspecified atom stereocenters. The SMILES string of the molecule is CC(C)(C)C1COc2cc3ccccc3cc2O1. The van der Waals surface area contributed by atoms with Crippen LogP contribution < -0.4 is 9.47 Å². The van der Waals surface area contributed by atoms with E-state index in [-0.39, 0.29) is 11.5 Å². The van der Waals surface area contributed by atoms with Crippen LogP contribution >= 0.6 is 0 Å². The zero-order valence-corrected chi connectivity index (χ0v) is 11.1. The maximum absolute atomic E-state index is 6.08. The highest BCUT2D eigenvalue weighted by molar-refractivity contribution is 5.86. The summed E-state index contributed by atoms with van der Waals surface area (Å²) in [7, 11) is 0. The molecule has 0 saturated heterocycles. The van der Waals surface area contributed by atoms with Crippen molar-refractivity contribution in [2.24, 2.45) is 5.41 Å². The molecule has 2 aromatic carbocycles. The molecule has 0 aromatic heterocycles. The van der Waals surface area contributed by atoms with Crippen LogP contribution in [0.3, 0.4) is 0 Å². The van der Waals surface area contributed by atoms with Crippen molar-refractivity contribution < 1.29 is 9.47 Å². The molecule has 1 heterocycles. The number of fused-ring (bicyclic) bond motifs is 2. The van der Waals surface area contributed by atoms with Gasteiger partial charge in [-0.1, -0.05) is 45.0 Å². The van der Waals surface area contributed by atoms with Gasteiger partial charge in [-0.05, 0) is 22.9 Å². The molecule has 0 aliphatic carbocycles. The standard InChI is InChI=1S/C16H18O2/c1-16(2,3)15-10-17-13-8-11-6-4-5-7-12(11)9-14(13)18-15/h4-9,15H,10H2,1-3H3. The van der Waals surface area contributed by atoms with Crippen LogP contribution in [-0.4, -0.2) is 12.7 Å². The van der Waals surface area contributed by atoms with Crippen molar-refractivity contribution in [3.05, 3.63) is 36.4 Å². The van der Waals surface area contributed by atoms with E-state index in [0.29, 0.717) is 6.61 Å². The number of rotatable bonds is 0. The van der Waals surface area contributed by atoms with Gasteiger partial charge in [0.05, 0.1) is 0 Å². The molecule has 0 N–H and O–H groups in total. The van der Waals surface area contributed by atoms with Gasteiger partial charge in [-0.15, -0.1) is 0 Å². The van der Waals surface area contributed by atoms with Crippen LogP contribution in [0.2, 0.25) is 0 Å². The van der Waals surface area contributed by atoms with Crippen molar-refractivity contribution in [1.82, 2.24) is 0 Å². The second-order valence-electron chi connectivity index (χ2n) is 5.93. The maximum Gasteiger partial charge on any atom is 0.162 e. The van der Waals surface area contributed by atoms with Crippen LogP contribution in [0.5, 0.6) is 11.5 Å². The number of hydrogen-bond acceptors (Lipinski definition) is 2. The van der Waals surface area contributed by atoms with Gasteiger partial charge >= 0.3 is 0 Å². The van der Waals surface area contributed by atoms with E-state index in [9.17, 15) is 0 Å². The molecule has 2 heteroatoms. The van der Waals surface area contributed by atoms with E-state index >= 15 is 0 Å². The second kappa shape index (κ2) is 3.91. The molecule has 0 fully saturated rings. The van der Waals surface area contributed by atoms with Crippen molar-refractivity contribution in [3.63, 3.8) is 0 Å². The zero-order valence-electron chi connectivity index (χ0n) is 11.1. The molecular formula is C16H18O2. The Balaban J connectivity index is 2.03. The van der Waals surface area contributed by atoms with Gasteiger partial charge in [-0.25, -0.2) is 0 Å². The van der Waals surface area contributed by atoms with Crippen molar-refractivity contribution >= 4 is 10.8 Å². The highest BCUT2D eigenvalue weighted by Gasteiger charge is 2.31. The van der Waals surface area contributed by atoms with Gasteiger partial charge in [0, 0.05) is 5.41 Å². The molecule has 0 saturated carbocycles. The largest absolute Gasteiger partial charge is 0.486 e. The Labute approximate surface area is 108 Å². The lowest BCUT2D eigenvalue weighted by atomic mass is 9.89. The van der Waals surface area contributed by atoms with E-state index < -0.39 is 0 Å². The first-order chi connectivity index (χ1) is 8.54. The highest BCUT2D eigenvalue weighted by Crippen LogP contribution is 2.38. The van der Waals surface area contributed by atoms with Crippen LogP contribution in [-0.2, 0) is 0 Å². The predicted molar refractivity (Wildman–Crippen MR) is 73.3 cm³/mol. The lowest BCUT2D eigenvalue weighted by molar-refractivity contribution is 0.0166. The van der Waals surface area contributed by atoms with Crippen LogP contribution in [0.25, 0.3) is 10.8 Å². The van der Waals surface area contributed by atoms with E-state index in [4.69, 9.17) is 9.47 Å². The van der Waals surface area contributed by atoms with E-state index in [1.165, 1.54) is 10.8 Å². The molecule has 0 amide bonds. The van der Waals surface area contributed by atoms with Crippen molar-refractivity contribution in [3.8, 4) is 11.5 Å². The third kappa shape index (κ3) is 1.92. The first-order valence-electron chi connectivity index (χ1n) is 6.36. The summed E-state index contributed by atoms with van der Waals surface area (Å²) in [6, 6.07) is 12.4. The Kier molecular flexibility index (Phi) is 2.47. The molecular weight excluding hydrogens is 224 g/mol. The van der Waals surface area contributed by atoms with Crippen molar-refractivity contribution in [2.45, 2.75) is 26.9 Å². The summed E-state index contributed by atoms with van der Waals surface area (Å²) in [5.41, 5.74) is 0.0866. The average molecular weight is 242 g/mol. The van der Waals surface area contributed by atoms with Crippen molar-refractivity contribution in [2.75, 3.05) is 6.61 Å². The van der Waals surface area contributed by atoms with E-state index in [1.807, 2.05) is 12.1 Å². The second-order valence-corrected chi connectivity index (χ2v) is 5.93. The number of hydrogen-bond donors (Lipinski definition) is 0. The monoisotopic (exact) mass is 242 g/mol. The van der Waals surface area contributed by atoms with Crippen LogP contribution in [0.4, 0.5) is 0 Å². The molecule has 1 aliphatic rings. The lowest BCUT2D eigenvalue weighted by Crippen LogP contribution is -2.39. The van der Waals surface area contributed by atoms with Gasteiger partial charge in [-0.2, -0.15) is 0 Å². The Morgan fingerprint density at radius 3 is 2.22 bits per heavy atom. The summed E-state index contributed by atoms with van der Waals surface area (Å²) in [5.74, 6) is 1.72. The van der Waals surface area contributed by atoms with Crippen LogP contribution in [0.1, 0.15) is 20.8 Å². The fourth-order valence-electron chi connectivity index (χ4n) is 2.18. The fraction of sp³-hybridized carbons (Fsp3) is 0.375. The number of benzene rings is 2. The zero-order chi connectivity index (χ0) is 12.8. The highest BCUT2D eigenvalue weighted by atomic mass is 16.6. The fourth-order valence-corrected chi connectivity index (χ4v) is 2.18. The predicted octanol–water partition coefficient (Wildman–Crippen LogP) is 4.03. The molecule has 3 rings (SSSR count). The average Bonchev–Trinajstić information content (AvgIpc) is 2.34. The molecule has 1 aliphatic heterocycles. The summed E-state index contributed by atoms with van der Waals surface area (Å²) in [5, 5.41) is 2.38. The van der Waals surface area contributed by atoms with Crippen LogP contribution in [0, 0.1) is 5.41 Å². The first-order valence-corrected chi connectivity index (χ1v) is 6.36. The minimum Gasteiger partial charge on any atom is -0.486 e. The Morgan fingerprint density at radius 2 is 1.61 bits per heavy atom. The van der Waals surface area contributed by atoms with Gasteiger partial charge in [0.25, 0.3) is 0 Å².